The lowest BCUT2D eigenvalue weighted by Crippen LogP contribution is -2.40. The lowest BCUT2D eigenvalue weighted by atomic mass is 10.4. The number of hydrogen-bond donors (Lipinski definition) is 2. The van der Waals surface area contributed by atoms with E-state index in [4.69, 9.17) is 11.1 Å². The van der Waals surface area contributed by atoms with Gasteiger partial charge in [0.05, 0.1) is 0 Å². The summed E-state index contributed by atoms with van der Waals surface area (Å²) in [5, 5.41) is 6.81. The minimum Gasteiger partial charge on any atom is -0.369 e. The van der Waals surface area contributed by atoms with Gasteiger partial charge in [0.15, 0.2) is 0 Å². The molecule has 1 rings (SSSR count). The number of guanidine groups is 1. The second kappa shape index (κ2) is 2.09. The topological polar surface area (TPSA) is 87.2 Å². The molecule has 54 valence electrons. The largest absolute Gasteiger partial charge is 0.369 e. The van der Waals surface area contributed by atoms with Gasteiger partial charge in [0.2, 0.25) is 17.8 Å². The third-order valence-electron chi connectivity index (χ3n) is 1.29. The predicted molar refractivity (Wildman–Crippen MR) is 33.0 cm³/mol. The van der Waals surface area contributed by atoms with E-state index in [9.17, 15) is 9.59 Å². The maximum absolute atomic E-state index is 10.7. The normalized spacial score (nSPS) is 18.2. The lowest BCUT2D eigenvalue weighted by Gasteiger charge is -2.08. The summed E-state index contributed by atoms with van der Waals surface area (Å²) in [7, 11) is 0. The maximum atomic E-state index is 10.7. The Morgan fingerprint density at radius 1 is 1.40 bits per heavy atom. The summed E-state index contributed by atoms with van der Waals surface area (Å²) >= 11 is 0. The highest BCUT2D eigenvalue weighted by Crippen LogP contribution is 2.09. The van der Waals surface area contributed by atoms with Crippen molar-refractivity contribution in [3.05, 3.63) is 0 Å². The second-order valence-corrected chi connectivity index (χ2v) is 2.01. The van der Waals surface area contributed by atoms with Crippen LogP contribution < -0.4 is 5.73 Å². The first kappa shape index (κ1) is 6.73. The van der Waals surface area contributed by atoms with Gasteiger partial charge in [-0.2, -0.15) is 0 Å². The molecule has 0 spiro atoms. The minimum absolute atomic E-state index is 0.179. The van der Waals surface area contributed by atoms with Crippen LogP contribution in [-0.4, -0.2) is 22.7 Å². The van der Waals surface area contributed by atoms with Crippen LogP contribution in [-0.2, 0) is 9.59 Å². The van der Waals surface area contributed by atoms with Gasteiger partial charge in [0.1, 0.15) is 0 Å². The number of hydrogen-bond acceptors (Lipinski definition) is 3. The number of amides is 2. The molecule has 1 fully saturated rings. The number of nitrogens with zero attached hydrogens (tertiary/aromatic N) is 1. The quantitative estimate of drug-likeness (QED) is 0.258. The van der Waals surface area contributed by atoms with Crippen LogP contribution in [0.25, 0.3) is 0 Å². The Kier molecular flexibility index (Phi) is 1.41. The van der Waals surface area contributed by atoms with E-state index in [2.05, 4.69) is 0 Å². The summed E-state index contributed by atoms with van der Waals surface area (Å²) in [4.78, 5) is 22.1. The summed E-state index contributed by atoms with van der Waals surface area (Å²) in [6.07, 6.45) is 0.358. The monoisotopic (exact) mass is 141 g/mol. The van der Waals surface area contributed by atoms with Crippen molar-refractivity contribution in [1.29, 1.82) is 5.41 Å². The molecule has 10 heavy (non-hydrogen) atoms. The molecule has 2 amide bonds. The summed E-state index contributed by atoms with van der Waals surface area (Å²) < 4.78 is 0. The molecule has 0 aromatic heterocycles. The number of nitrogens with one attached hydrogen (secondary N) is 1. The Morgan fingerprint density at radius 2 is 1.80 bits per heavy atom. The highest BCUT2D eigenvalue weighted by Gasteiger charge is 2.30. The van der Waals surface area contributed by atoms with Crippen molar-refractivity contribution >= 4 is 17.8 Å². The van der Waals surface area contributed by atoms with Gasteiger partial charge in [0.25, 0.3) is 0 Å². The van der Waals surface area contributed by atoms with Crippen LogP contribution in [0.2, 0.25) is 0 Å². The number of likely N-dealkylation sites (tertiary alicyclic amines) is 1. The van der Waals surface area contributed by atoms with E-state index in [0.29, 0.717) is 4.90 Å². The van der Waals surface area contributed by atoms with Crippen LogP contribution in [0, 0.1) is 5.41 Å². The Labute approximate surface area is 57.3 Å². The molecule has 5 nitrogen and oxygen atoms in total. The van der Waals surface area contributed by atoms with Gasteiger partial charge in [0, 0.05) is 12.8 Å². The van der Waals surface area contributed by atoms with Gasteiger partial charge < -0.3 is 5.73 Å². The van der Waals surface area contributed by atoms with Crippen molar-refractivity contribution in [2.75, 3.05) is 0 Å². The Morgan fingerprint density at radius 3 is 2.00 bits per heavy atom. The number of carbonyl (C=O) groups is 2. The fraction of sp³-hybridized carbons (Fsp3) is 0.400. The van der Waals surface area contributed by atoms with E-state index in [1.54, 1.807) is 0 Å². The minimum atomic E-state index is -0.479. The third kappa shape index (κ3) is 0.854. The number of nitrogens with two attached hydrogens (primary N) is 1. The van der Waals surface area contributed by atoms with Crippen LogP contribution in [0.5, 0.6) is 0 Å². The summed E-state index contributed by atoms with van der Waals surface area (Å²) in [5.74, 6) is -1.23. The molecule has 1 aliphatic heterocycles. The standard InChI is InChI=1S/C5H7N3O2/c6-5(7)8-3(9)1-2-4(8)10/h1-2H2,(H3,6,7). The molecule has 0 bridgehead atoms. The van der Waals surface area contributed by atoms with Crippen molar-refractivity contribution < 1.29 is 9.59 Å². The van der Waals surface area contributed by atoms with E-state index in [1.165, 1.54) is 0 Å². The first-order valence-electron chi connectivity index (χ1n) is 2.82. The van der Waals surface area contributed by atoms with Crippen LogP contribution in [0.15, 0.2) is 0 Å². The predicted octanol–water partition coefficient (Wildman–Crippen LogP) is -0.971. The zero-order chi connectivity index (χ0) is 7.72. The van der Waals surface area contributed by atoms with Gasteiger partial charge in [-0.25, -0.2) is 4.90 Å². The number of carbonyl (C=O) groups excluding carboxylic acids is 2. The second-order valence-electron chi connectivity index (χ2n) is 2.01. The van der Waals surface area contributed by atoms with Crippen LogP contribution in [0.1, 0.15) is 12.8 Å². The smallest absolute Gasteiger partial charge is 0.236 e. The van der Waals surface area contributed by atoms with Crippen LogP contribution >= 0.6 is 0 Å². The molecule has 1 saturated heterocycles. The fourth-order valence-corrected chi connectivity index (χ4v) is 0.845. The lowest BCUT2D eigenvalue weighted by molar-refractivity contribution is -0.133. The molecule has 0 saturated carbocycles. The van der Waals surface area contributed by atoms with Gasteiger partial charge in [-0.3, -0.25) is 15.0 Å². The zero-order valence-corrected chi connectivity index (χ0v) is 5.26. The first-order chi connectivity index (χ1) is 4.63. The average Bonchev–Trinajstić information content (AvgIpc) is 2.11. The van der Waals surface area contributed by atoms with E-state index in [0.717, 1.165) is 0 Å². The molecule has 3 N–H and O–H groups in total. The Hall–Kier alpha value is -1.39. The van der Waals surface area contributed by atoms with Crippen molar-refractivity contribution in [2.24, 2.45) is 5.73 Å². The molecule has 0 aromatic rings. The molecule has 0 aromatic carbocycles. The van der Waals surface area contributed by atoms with Gasteiger partial charge in [-0.05, 0) is 0 Å². The van der Waals surface area contributed by atoms with Gasteiger partial charge in [-0.1, -0.05) is 0 Å². The first-order valence-corrected chi connectivity index (χ1v) is 2.82. The molecule has 0 atom stereocenters. The van der Waals surface area contributed by atoms with Gasteiger partial charge >= 0.3 is 0 Å². The van der Waals surface area contributed by atoms with Crippen molar-refractivity contribution in [3.63, 3.8) is 0 Å². The summed E-state index contributed by atoms with van der Waals surface area (Å²) in [6.45, 7) is 0. The van der Waals surface area contributed by atoms with Crippen LogP contribution in [0.4, 0.5) is 0 Å². The average molecular weight is 141 g/mol. The highest BCUT2D eigenvalue weighted by atomic mass is 16.2. The zero-order valence-electron chi connectivity index (χ0n) is 5.26. The van der Waals surface area contributed by atoms with E-state index >= 15 is 0 Å². The molecular weight excluding hydrogens is 134 g/mol. The van der Waals surface area contributed by atoms with Crippen molar-refractivity contribution in [1.82, 2.24) is 4.90 Å². The summed E-state index contributed by atoms with van der Waals surface area (Å²) in [5.41, 5.74) is 4.95. The maximum Gasteiger partial charge on any atom is 0.236 e. The van der Waals surface area contributed by atoms with E-state index in [-0.39, 0.29) is 24.7 Å². The Bertz CT molecular complexity index is 195. The number of rotatable bonds is 0. The summed E-state index contributed by atoms with van der Waals surface area (Å²) in [6, 6.07) is 0. The molecule has 0 aliphatic carbocycles. The van der Waals surface area contributed by atoms with Crippen molar-refractivity contribution in [3.8, 4) is 0 Å². The molecule has 5 heteroatoms. The molecule has 0 unspecified atom stereocenters. The molecule has 1 aliphatic rings. The van der Waals surface area contributed by atoms with Crippen LogP contribution in [0.3, 0.4) is 0 Å². The van der Waals surface area contributed by atoms with E-state index < -0.39 is 5.96 Å². The molecule has 0 radical (unpaired) electrons. The Balaban J connectivity index is 2.82. The third-order valence-corrected chi connectivity index (χ3v) is 1.29. The van der Waals surface area contributed by atoms with Gasteiger partial charge in [-0.15, -0.1) is 0 Å². The van der Waals surface area contributed by atoms with Crippen molar-refractivity contribution in [2.45, 2.75) is 12.8 Å². The molecular formula is C5H7N3O2. The highest BCUT2D eigenvalue weighted by molar-refractivity contribution is 6.14. The van der Waals surface area contributed by atoms with E-state index in [1.807, 2.05) is 0 Å². The fourth-order valence-electron chi connectivity index (χ4n) is 0.845. The number of imide groups is 1. The molecule has 1 heterocycles. The SMILES string of the molecule is N=C(N)N1C(=O)CCC1=O.